The normalized spacial score (nSPS) is 18.0. The number of nitrogens with zero attached hydrogens (tertiary/aromatic N) is 1. The van der Waals surface area contributed by atoms with Gasteiger partial charge in [-0.05, 0) is 58.6 Å². The SMILES string of the molecule is Cc1cc2c(cc1Oc1ccc(C(=O)NNc3nccc(Cl)c3C(F)(F)F)o1)C(C)(C)C(C)C2(C)C. The second-order valence-corrected chi connectivity index (χ2v) is 10.5. The quantitative estimate of drug-likeness (QED) is 0.342. The molecule has 1 aliphatic rings. The van der Waals surface area contributed by atoms with Crippen molar-refractivity contribution in [3.05, 3.63) is 69.6 Å². The van der Waals surface area contributed by atoms with Crippen LogP contribution in [0, 0.1) is 12.8 Å². The third-order valence-electron chi connectivity index (χ3n) is 7.36. The van der Waals surface area contributed by atoms with Gasteiger partial charge in [0.25, 0.3) is 5.95 Å². The van der Waals surface area contributed by atoms with Gasteiger partial charge < -0.3 is 9.15 Å². The molecule has 4 rings (SSSR count). The molecular weight excluding hydrogens is 495 g/mol. The summed E-state index contributed by atoms with van der Waals surface area (Å²) in [5.74, 6) is -0.538. The summed E-state index contributed by atoms with van der Waals surface area (Å²) in [5, 5.41) is -0.548. The number of ether oxygens (including phenoxy) is 1. The summed E-state index contributed by atoms with van der Waals surface area (Å²) in [5.41, 5.74) is 6.46. The summed E-state index contributed by atoms with van der Waals surface area (Å²) in [4.78, 5) is 16.1. The van der Waals surface area contributed by atoms with E-state index in [2.05, 4.69) is 56.5 Å². The number of anilines is 1. The first kappa shape index (κ1) is 25.9. The zero-order valence-electron chi connectivity index (χ0n) is 20.7. The molecule has 1 aromatic carbocycles. The van der Waals surface area contributed by atoms with E-state index >= 15 is 0 Å². The van der Waals surface area contributed by atoms with Gasteiger partial charge in [0.2, 0.25) is 0 Å². The van der Waals surface area contributed by atoms with Crippen molar-refractivity contribution >= 4 is 23.3 Å². The minimum absolute atomic E-state index is 0.00881. The number of furan rings is 1. The topological polar surface area (TPSA) is 76.4 Å². The molecule has 0 saturated carbocycles. The number of halogens is 4. The molecule has 0 aliphatic heterocycles. The van der Waals surface area contributed by atoms with Gasteiger partial charge in [-0.15, -0.1) is 0 Å². The largest absolute Gasteiger partial charge is 0.426 e. The molecule has 2 heterocycles. The molecular formula is C26H27ClF3N3O3. The van der Waals surface area contributed by atoms with Crippen molar-refractivity contribution in [1.82, 2.24) is 10.4 Å². The Hall–Kier alpha value is -3.20. The van der Waals surface area contributed by atoms with E-state index in [1.54, 1.807) is 0 Å². The predicted molar refractivity (Wildman–Crippen MR) is 131 cm³/mol. The molecule has 0 spiro atoms. The second kappa shape index (κ2) is 8.73. The molecule has 1 unspecified atom stereocenters. The lowest BCUT2D eigenvalue weighted by Crippen LogP contribution is -2.31. The van der Waals surface area contributed by atoms with Crippen LogP contribution < -0.4 is 15.6 Å². The molecule has 1 amide bonds. The number of benzene rings is 1. The Morgan fingerprint density at radius 1 is 1.11 bits per heavy atom. The number of aryl methyl sites for hydroxylation is 1. The fourth-order valence-corrected chi connectivity index (χ4v) is 5.07. The van der Waals surface area contributed by atoms with Crippen molar-refractivity contribution < 1.29 is 27.1 Å². The van der Waals surface area contributed by atoms with Crippen LogP contribution in [0.1, 0.15) is 67.4 Å². The van der Waals surface area contributed by atoms with Gasteiger partial charge in [-0.2, -0.15) is 13.2 Å². The van der Waals surface area contributed by atoms with Gasteiger partial charge in [-0.25, -0.2) is 4.98 Å². The van der Waals surface area contributed by atoms with Gasteiger partial charge >= 0.3 is 12.1 Å². The van der Waals surface area contributed by atoms with Crippen LogP contribution >= 0.6 is 11.6 Å². The number of carbonyl (C=O) groups is 1. The van der Waals surface area contributed by atoms with E-state index < -0.39 is 28.5 Å². The number of hydrogen-bond acceptors (Lipinski definition) is 5. The average Bonchev–Trinajstić information content (AvgIpc) is 3.29. The number of amides is 1. The molecule has 2 N–H and O–H groups in total. The number of hydrogen-bond donors (Lipinski definition) is 2. The maximum absolute atomic E-state index is 13.3. The highest BCUT2D eigenvalue weighted by Crippen LogP contribution is 2.55. The molecule has 0 saturated heterocycles. The number of hydrazine groups is 1. The van der Waals surface area contributed by atoms with E-state index in [-0.39, 0.29) is 22.5 Å². The lowest BCUT2D eigenvalue weighted by atomic mass is 9.71. The summed E-state index contributed by atoms with van der Waals surface area (Å²) < 4.78 is 51.3. The van der Waals surface area contributed by atoms with Crippen LogP contribution in [-0.4, -0.2) is 10.9 Å². The average molecular weight is 522 g/mol. The maximum atomic E-state index is 13.3. The molecule has 10 heteroatoms. The Bertz CT molecular complexity index is 1330. The van der Waals surface area contributed by atoms with Crippen molar-refractivity contribution in [1.29, 1.82) is 0 Å². The first-order valence-electron chi connectivity index (χ1n) is 11.4. The van der Waals surface area contributed by atoms with Crippen LogP contribution in [0.3, 0.4) is 0 Å². The van der Waals surface area contributed by atoms with Gasteiger partial charge in [0, 0.05) is 12.3 Å². The fraction of sp³-hybridized carbons (Fsp3) is 0.385. The minimum atomic E-state index is -4.76. The summed E-state index contributed by atoms with van der Waals surface area (Å²) >= 11 is 5.67. The number of fused-ring (bicyclic) bond motifs is 1. The van der Waals surface area contributed by atoms with Gasteiger partial charge in [0.1, 0.15) is 11.3 Å². The molecule has 2 aromatic heterocycles. The number of aromatic nitrogens is 1. The summed E-state index contributed by atoms with van der Waals surface area (Å²) in [7, 11) is 0. The van der Waals surface area contributed by atoms with Crippen molar-refractivity contribution in [2.45, 2.75) is 58.5 Å². The van der Waals surface area contributed by atoms with E-state index in [1.807, 2.05) is 13.0 Å². The standard InChI is InChI=1S/C26H27ClF3N3O3/c1-13-11-15-16(25(5,6)14(2)24(15,3)4)12-19(13)36-20-8-7-18(35-20)23(34)33-32-22-21(26(28,29)30)17(27)9-10-31-22/h7-12,14H,1-6H3,(H,31,32)(H,33,34). The molecule has 192 valence electrons. The molecule has 0 radical (unpaired) electrons. The fourth-order valence-electron chi connectivity index (χ4n) is 4.82. The van der Waals surface area contributed by atoms with Crippen molar-refractivity contribution in [2.75, 3.05) is 5.43 Å². The number of pyridine rings is 1. The minimum Gasteiger partial charge on any atom is -0.426 e. The number of rotatable bonds is 5. The van der Waals surface area contributed by atoms with Crippen LogP contribution in [0.25, 0.3) is 0 Å². The van der Waals surface area contributed by atoms with Crippen LogP contribution in [0.5, 0.6) is 11.7 Å². The van der Waals surface area contributed by atoms with Crippen LogP contribution in [-0.2, 0) is 17.0 Å². The predicted octanol–water partition coefficient (Wildman–Crippen LogP) is 7.41. The van der Waals surface area contributed by atoms with Crippen LogP contribution in [0.4, 0.5) is 19.0 Å². The lowest BCUT2D eigenvalue weighted by Gasteiger charge is -2.32. The van der Waals surface area contributed by atoms with E-state index in [0.717, 1.165) is 17.8 Å². The molecule has 3 aromatic rings. The third kappa shape index (κ3) is 4.40. The van der Waals surface area contributed by atoms with E-state index in [9.17, 15) is 18.0 Å². The molecule has 0 bridgehead atoms. The van der Waals surface area contributed by atoms with Crippen LogP contribution in [0.15, 0.2) is 40.9 Å². The zero-order chi connectivity index (χ0) is 26.6. The van der Waals surface area contributed by atoms with Crippen molar-refractivity contribution in [2.24, 2.45) is 5.92 Å². The second-order valence-electron chi connectivity index (χ2n) is 10.1. The molecule has 36 heavy (non-hydrogen) atoms. The monoisotopic (exact) mass is 521 g/mol. The first-order valence-corrected chi connectivity index (χ1v) is 11.7. The lowest BCUT2D eigenvalue weighted by molar-refractivity contribution is -0.137. The Kier molecular flexibility index (Phi) is 6.27. The maximum Gasteiger partial charge on any atom is 0.421 e. The Morgan fingerprint density at radius 2 is 1.75 bits per heavy atom. The molecule has 6 nitrogen and oxygen atoms in total. The van der Waals surface area contributed by atoms with E-state index in [4.69, 9.17) is 20.8 Å². The Labute approximate surface area is 212 Å². The highest BCUT2D eigenvalue weighted by Gasteiger charge is 2.48. The molecule has 0 fully saturated rings. The van der Waals surface area contributed by atoms with Crippen molar-refractivity contribution in [3.8, 4) is 11.7 Å². The first-order chi connectivity index (χ1) is 16.6. The van der Waals surface area contributed by atoms with Gasteiger partial charge in [-0.1, -0.05) is 52.3 Å². The molecule has 1 aliphatic carbocycles. The molecule has 1 atom stereocenters. The summed E-state index contributed by atoms with van der Waals surface area (Å²) in [6, 6.07) is 7.99. The van der Waals surface area contributed by atoms with Gasteiger partial charge in [0.05, 0.1) is 5.02 Å². The van der Waals surface area contributed by atoms with Crippen molar-refractivity contribution in [3.63, 3.8) is 0 Å². The Balaban J connectivity index is 1.51. The highest BCUT2D eigenvalue weighted by molar-refractivity contribution is 6.31. The number of alkyl halides is 3. The van der Waals surface area contributed by atoms with Crippen LogP contribution in [0.2, 0.25) is 5.02 Å². The zero-order valence-corrected chi connectivity index (χ0v) is 21.5. The van der Waals surface area contributed by atoms with E-state index in [0.29, 0.717) is 11.7 Å². The van der Waals surface area contributed by atoms with Gasteiger partial charge in [0.15, 0.2) is 11.6 Å². The van der Waals surface area contributed by atoms with Gasteiger partial charge in [-0.3, -0.25) is 15.6 Å². The summed E-state index contributed by atoms with van der Waals surface area (Å²) in [6.07, 6.45) is -3.67. The highest BCUT2D eigenvalue weighted by atomic mass is 35.5. The number of nitrogens with one attached hydrogen (secondary N) is 2. The summed E-state index contributed by atoms with van der Waals surface area (Å²) in [6.45, 7) is 13.1. The third-order valence-corrected chi connectivity index (χ3v) is 7.68. The number of carbonyl (C=O) groups excluding carboxylic acids is 1. The smallest absolute Gasteiger partial charge is 0.421 e. The Morgan fingerprint density at radius 3 is 2.39 bits per heavy atom. The van der Waals surface area contributed by atoms with E-state index in [1.165, 1.54) is 23.3 Å².